The molecule has 1 heterocycles. The first-order chi connectivity index (χ1) is 9.76. The molecule has 1 unspecified atom stereocenters. The van der Waals surface area contributed by atoms with Gasteiger partial charge in [-0.2, -0.15) is 5.26 Å². The van der Waals surface area contributed by atoms with Crippen molar-refractivity contribution in [2.24, 2.45) is 0 Å². The van der Waals surface area contributed by atoms with E-state index in [2.05, 4.69) is 40.6 Å². The smallest absolute Gasteiger partial charge is 0.128 e. The van der Waals surface area contributed by atoms with Gasteiger partial charge in [0.25, 0.3) is 0 Å². The van der Waals surface area contributed by atoms with E-state index >= 15 is 0 Å². The molecule has 0 bridgehead atoms. The monoisotopic (exact) mass is 263 g/mol. The minimum absolute atomic E-state index is 0.292. The molecule has 1 atom stereocenters. The maximum atomic E-state index is 9.04. The van der Waals surface area contributed by atoms with Gasteiger partial charge >= 0.3 is 0 Å². The number of nitrogens with zero attached hydrogens (tertiary/aromatic N) is 2. The molecule has 1 aromatic heterocycles. The fourth-order valence-corrected chi connectivity index (χ4v) is 2.89. The minimum atomic E-state index is 0.292. The molecule has 0 saturated carbocycles. The van der Waals surface area contributed by atoms with E-state index in [9.17, 15) is 0 Å². The average Bonchev–Trinajstić information content (AvgIpc) is 2.47. The van der Waals surface area contributed by atoms with Crippen molar-refractivity contribution in [3.63, 3.8) is 0 Å². The number of benzene rings is 1. The normalized spacial score (nSPS) is 17.1. The van der Waals surface area contributed by atoms with Gasteiger partial charge in [-0.15, -0.1) is 0 Å². The molecule has 3 heteroatoms. The second-order valence-corrected chi connectivity index (χ2v) is 5.28. The summed E-state index contributed by atoms with van der Waals surface area (Å²) in [5.41, 5.74) is 4.31. The summed E-state index contributed by atoms with van der Waals surface area (Å²) in [4.78, 5) is 4.49. The SMILES string of the molecule is Cc1cc(C#N)cc(NC2CCCc3ccccc32)n1. The number of rotatable bonds is 2. The Hall–Kier alpha value is -2.34. The Morgan fingerprint density at radius 1 is 1.30 bits per heavy atom. The lowest BCUT2D eigenvalue weighted by atomic mass is 9.88. The maximum Gasteiger partial charge on any atom is 0.128 e. The van der Waals surface area contributed by atoms with Crippen LogP contribution < -0.4 is 5.32 Å². The molecule has 100 valence electrons. The lowest BCUT2D eigenvalue weighted by Crippen LogP contribution is -2.18. The second kappa shape index (κ2) is 5.34. The Labute approximate surface area is 119 Å². The van der Waals surface area contributed by atoms with E-state index in [1.807, 2.05) is 13.0 Å². The summed E-state index contributed by atoms with van der Waals surface area (Å²) in [7, 11) is 0. The molecule has 0 radical (unpaired) electrons. The molecule has 1 aliphatic carbocycles. The summed E-state index contributed by atoms with van der Waals surface area (Å²) >= 11 is 0. The number of aryl methyl sites for hydroxylation is 2. The van der Waals surface area contributed by atoms with Crippen LogP contribution >= 0.6 is 0 Å². The van der Waals surface area contributed by atoms with Gasteiger partial charge in [-0.1, -0.05) is 24.3 Å². The van der Waals surface area contributed by atoms with Crippen LogP contribution in [-0.2, 0) is 6.42 Å². The van der Waals surface area contributed by atoms with E-state index in [1.54, 1.807) is 6.07 Å². The fourth-order valence-electron chi connectivity index (χ4n) is 2.89. The molecule has 0 saturated heterocycles. The third kappa shape index (κ3) is 2.50. The summed E-state index contributed by atoms with van der Waals surface area (Å²) < 4.78 is 0. The molecule has 0 spiro atoms. The molecule has 2 aromatic rings. The van der Waals surface area contributed by atoms with Gasteiger partial charge in [-0.25, -0.2) is 4.98 Å². The van der Waals surface area contributed by atoms with Crippen molar-refractivity contribution in [1.29, 1.82) is 5.26 Å². The van der Waals surface area contributed by atoms with Crippen molar-refractivity contribution in [2.45, 2.75) is 32.2 Å². The lowest BCUT2D eigenvalue weighted by molar-refractivity contribution is 0.598. The van der Waals surface area contributed by atoms with Crippen molar-refractivity contribution in [2.75, 3.05) is 5.32 Å². The van der Waals surface area contributed by atoms with Gasteiger partial charge in [0.05, 0.1) is 17.7 Å². The number of hydrogen-bond donors (Lipinski definition) is 1. The van der Waals surface area contributed by atoms with Gasteiger partial charge in [0.15, 0.2) is 0 Å². The second-order valence-electron chi connectivity index (χ2n) is 5.28. The summed E-state index contributed by atoms with van der Waals surface area (Å²) in [6.45, 7) is 1.92. The molecule has 0 aliphatic heterocycles. The number of pyridine rings is 1. The van der Waals surface area contributed by atoms with Crippen molar-refractivity contribution in [3.8, 4) is 6.07 Å². The van der Waals surface area contributed by atoms with E-state index in [-0.39, 0.29) is 0 Å². The highest BCUT2D eigenvalue weighted by Gasteiger charge is 2.19. The van der Waals surface area contributed by atoms with Gasteiger partial charge in [-0.05, 0) is 49.4 Å². The molecule has 0 amide bonds. The highest BCUT2D eigenvalue weighted by Crippen LogP contribution is 2.32. The van der Waals surface area contributed by atoms with Crippen molar-refractivity contribution in [3.05, 3.63) is 58.8 Å². The molecule has 3 rings (SSSR count). The molecular formula is C17H17N3. The van der Waals surface area contributed by atoms with Crippen LogP contribution in [0.4, 0.5) is 5.82 Å². The number of aromatic nitrogens is 1. The number of fused-ring (bicyclic) bond motifs is 1. The third-order valence-corrected chi connectivity index (χ3v) is 3.77. The van der Waals surface area contributed by atoms with Gasteiger partial charge < -0.3 is 5.32 Å². The van der Waals surface area contributed by atoms with Gasteiger partial charge in [0.2, 0.25) is 0 Å². The molecule has 1 N–H and O–H groups in total. The van der Waals surface area contributed by atoms with E-state index < -0.39 is 0 Å². The average molecular weight is 263 g/mol. The van der Waals surface area contributed by atoms with Crippen LogP contribution in [-0.4, -0.2) is 4.98 Å². The first-order valence-corrected chi connectivity index (χ1v) is 6.99. The third-order valence-electron chi connectivity index (χ3n) is 3.77. The minimum Gasteiger partial charge on any atom is -0.363 e. The Kier molecular flexibility index (Phi) is 3.39. The van der Waals surface area contributed by atoms with Crippen molar-refractivity contribution >= 4 is 5.82 Å². The number of nitriles is 1. The van der Waals surface area contributed by atoms with Gasteiger partial charge in [-0.3, -0.25) is 0 Å². The molecule has 20 heavy (non-hydrogen) atoms. The molecular weight excluding hydrogens is 246 g/mol. The zero-order chi connectivity index (χ0) is 13.9. The number of nitrogens with one attached hydrogen (secondary N) is 1. The topological polar surface area (TPSA) is 48.7 Å². The zero-order valence-corrected chi connectivity index (χ0v) is 11.6. The molecule has 0 fully saturated rings. The van der Waals surface area contributed by atoms with Crippen LogP contribution in [0.1, 0.15) is 41.3 Å². The number of anilines is 1. The van der Waals surface area contributed by atoms with Crippen LogP contribution in [0, 0.1) is 18.3 Å². The molecule has 1 aromatic carbocycles. The summed E-state index contributed by atoms with van der Waals surface area (Å²) in [5, 5.41) is 12.5. The van der Waals surface area contributed by atoms with Crippen LogP contribution in [0.2, 0.25) is 0 Å². The van der Waals surface area contributed by atoms with Crippen LogP contribution in [0.3, 0.4) is 0 Å². The predicted molar refractivity (Wildman–Crippen MR) is 79.4 cm³/mol. The first kappa shape index (κ1) is 12.7. The van der Waals surface area contributed by atoms with Gasteiger partial charge in [0.1, 0.15) is 5.82 Å². The van der Waals surface area contributed by atoms with E-state index in [1.165, 1.54) is 17.5 Å². The van der Waals surface area contributed by atoms with Crippen molar-refractivity contribution < 1.29 is 0 Å². The largest absolute Gasteiger partial charge is 0.363 e. The maximum absolute atomic E-state index is 9.04. The summed E-state index contributed by atoms with van der Waals surface area (Å²) in [6.07, 6.45) is 3.44. The Morgan fingerprint density at radius 2 is 2.15 bits per heavy atom. The highest BCUT2D eigenvalue weighted by molar-refractivity contribution is 5.47. The summed E-state index contributed by atoms with van der Waals surface area (Å²) in [5.74, 6) is 0.795. The fraction of sp³-hybridized carbons (Fsp3) is 0.294. The van der Waals surface area contributed by atoms with E-state index in [0.717, 1.165) is 24.4 Å². The standard InChI is InChI=1S/C17H17N3/c1-12-9-13(11-18)10-17(19-12)20-16-8-4-6-14-5-2-3-7-15(14)16/h2-3,5,7,9-10,16H,4,6,8H2,1H3,(H,19,20). The Balaban J connectivity index is 1.89. The lowest BCUT2D eigenvalue weighted by Gasteiger charge is -2.26. The van der Waals surface area contributed by atoms with Crippen LogP contribution in [0.5, 0.6) is 0 Å². The number of hydrogen-bond acceptors (Lipinski definition) is 3. The van der Waals surface area contributed by atoms with Crippen molar-refractivity contribution in [1.82, 2.24) is 4.98 Å². The predicted octanol–water partition coefficient (Wildman–Crippen LogP) is 3.75. The zero-order valence-electron chi connectivity index (χ0n) is 11.6. The van der Waals surface area contributed by atoms with E-state index in [4.69, 9.17) is 5.26 Å². The van der Waals surface area contributed by atoms with Gasteiger partial charge in [0, 0.05) is 5.69 Å². The Morgan fingerprint density at radius 3 is 3.00 bits per heavy atom. The highest BCUT2D eigenvalue weighted by atomic mass is 15.0. The first-order valence-electron chi connectivity index (χ1n) is 6.99. The Bertz CT molecular complexity index is 670. The molecule has 1 aliphatic rings. The quantitative estimate of drug-likeness (QED) is 0.897. The van der Waals surface area contributed by atoms with Crippen LogP contribution in [0.15, 0.2) is 36.4 Å². The van der Waals surface area contributed by atoms with E-state index in [0.29, 0.717) is 11.6 Å². The molecule has 3 nitrogen and oxygen atoms in total. The summed E-state index contributed by atoms with van der Waals surface area (Å²) in [6, 6.07) is 14.7. The van der Waals surface area contributed by atoms with Crippen LogP contribution in [0.25, 0.3) is 0 Å².